The van der Waals surface area contributed by atoms with Crippen molar-refractivity contribution in [2.24, 2.45) is 0 Å². The Balaban J connectivity index is 1.88. The van der Waals surface area contributed by atoms with Gasteiger partial charge in [0.25, 0.3) is 5.91 Å². The molecule has 1 aromatic heterocycles. The molecule has 1 aliphatic rings. The van der Waals surface area contributed by atoms with Gasteiger partial charge in [0.15, 0.2) is 11.6 Å². The third-order valence-electron chi connectivity index (χ3n) is 4.16. The average Bonchev–Trinajstić information content (AvgIpc) is 3.05. The molecule has 1 aromatic carbocycles. The zero-order valence-corrected chi connectivity index (χ0v) is 13.0. The van der Waals surface area contributed by atoms with E-state index in [4.69, 9.17) is 9.15 Å². The fourth-order valence-corrected chi connectivity index (χ4v) is 2.85. The van der Waals surface area contributed by atoms with Gasteiger partial charge in [-0.3, -0.25) is 4.79 Å². The molecule has 2 heterocycles. The normalized spacial score (nSPS) is 17.0. The summed E-state index contributed by atoms with van der Waals surface area (Å²) in [7, 11) is 0. The van der Waals surface area contributed by atoms with Gasteiger partial charge in [-0.05, 0) is 30.5 Å². The molecule has 0 radical (unpaired) electrons. The van der Waals surface area contributed by atoms with E-state index in [0.717, 1.165) is 5.56 Å². The molecule has 0 atom stereocenters. The van der Waals surface area contributed by atoms with Crippen LogP contribution in [0.2, 0.25) is 0 Å². The third-order valence-corrected chi connectivity index (χ3v) is 4.16. The van der Waals surface area contributed by atoms with Crippen LogP contribution >= 0.6 is 0 Å². The highest BCUT2D eigenvalue weighted by Gasteiger charge is 2.37. The number of nitrogens with zero attached hydrogens (tertiary/aromatic N) is 1. The van der Waals surface area contributed by atoms with Gasteiger partial charge >= 0.3 is 0 Å². The van der Waals surface area contributed by atoms with Crippen molar-refractivity contribution in [2.75, 3.05) is 13.2 Å². The SMILES string of the molecule is CCc1nc(C(=O)NC2(c3cccc(F)c3)CCOCC2)co1. The molecule has 1 fully saturated rings. The summed E-state index contributed by atoms with van der Waals surface area (Å²) in [5.74, 6) is -0.126. The predicted molar refractivity (Wildman–Crippen MR) is 81.5 cm³/mol. The molecule has 1 saturated heterocycles. The van der Waals surface area contributed by atoms with E-state index in [9.17, 15) is 9.18 Å². The second-order valence-corrected chi connectivity index (χ2v) is 5.64. The first-order valence-corrected chi connectivity index (χ1v) is 7.74. The summed E-state index contributed by atoms with van der Waals surface area (Å²) in [6, 6.07) is 6.34. The van der Waals surface area contributed by atoms with Crippen LogP contribution in [0.25, 0.3) is 0 Å². The fraction of sp³-hybridized carbons (Fsp3) is 0.412. The Morgan fingerprint density at radius 2 is 2.17 bits per heavy atom. The van der Waals surface area contributed by atoms with Gasteiger partial charge in [0, 0.05) is 19.6 Å². The van der Waals surface area contributed by atoms with E-state index in [-0.39, 0.29) is 17.4 Å². The zero-order valence-electron chi connectivity index (χ0n) is 13.0. The third kappa shape index (κ3) is 3.27. The maximum atomic E-state index is 13.6. The molecule has 0 unspecified atom stereocenters. The highest BCUT2D eigenvalue weighted by atomic mass is 19.1. The Hall–Kier alpha value is -2.21. The number of halogens is 1. The standard InChI is InChI=1S/C17H19FN2O3/c1-2-15-19-14(11-23-15)16(21)20-17(6-8-22-9-7-17)12-4-3-5-13(18)10-12/h3-5,10-11H,2,6-9H2,1H3,(H,20,21). The quantitative estimate of drug-likeness (QED) is 0.941. The van der Waals surface area contributed by atoms with Crippen molar-refractivity contribution in [1.29, 1.82) is 0 Å². The number of oxazole rings is 1. The first kappa shape index (κ1) is 15.7. The Morgan fingerprint density at radius 1 is 1.39 bits per heavy atom. The summed E-state index contributed by atoms with van der Waals surface area (Å²) >= 11 is 0. The van der Waals surface area contributed by atoms with Gasteiger partial charge in [0.2, 0.25) is 0 Å². The molecule has 23 heavy (non-hydrogen) atoms. The van der Waals surface area contributed by atoms with E-state index >= 15 is 0 Å². The van der Waals surface area contributed by atoms with Gasteiger partial charge in [0.05, 0.1) is 5.54 Å². The maximum absolute atomic E-state index is 13.6. The lowest BCUT2D eigenvalue weighted by Gasteiger charge is -2.38. The molecule has 1 amide bonds. The van der Waals surface area contributed by atoms with Crippen molar-refractivity contribution < 1.29 is 18.3 Å². The molecule has 1 aliphatic heterocycles. The van der Waals surface area contributed by atoms with Crippen LogP contribution < -0.4 is 5.32 Å². The molecule has 0 spiro atoms. The van der Waals surface area contributed by atoms with Crippen molar-refractivity contribution in [3.8, 4) is 0 Å². The summed E-state index contributed by atoms with van der Waals surface area (Å²) in [4.78, 5) is 16.7. The number of ether oxygens (including phenoxy) is 1. The van der Waals surface area contributed by atoms with Crippen molar-refractivity contribution in [3.05, 3.63) is 53.5 Å². The molecule has 0 bridgehead atoms. The number of hydrogen-bond donors (Lipinski definition) is 1. The number of benzene rings is 1. The first-order valence-electron chi connectivity index (χ1n) is 7.74. The van der Waals surface area contributed by atoms with Crippen molar-refractivity contribution in [1.82, 2.24) is 10.3 Å². The van der Waals surface area contributed by atoms with Crippen LogP contribution in [0.3, 0.4) is 0 Å². The summed E-state index contributed by atoms with van der Waals surface area (Å²) in [5, 5.41) is 3.02. The number of nitrogens with one attached hydrogen (secondary N) is 1. The molecule has 6 heteroatoms. The van der Waals surface area contributed by atoms with E-state index in [1.54, 1.807) is 6.07 Å². The lowest BCUT2D eigenvalue weighted by Crippen LogP contribution is -2.49. The van der Waals surface area contributed by atoms with E-state index < -0.39 is 5.54 Å². The van der Waals surface area contributed by atoms with Crippen LogP contribution in [0.1, 0.15) is 41.7 Å². The molecule has 5 nitrogen and oxygen atoms in total. The lowest BCUT2D eigenvalue weighted by atomic mass is 9.82. The van der Waals surface area contributed by atoms with Gasteiger partial charge in [-0.15, -0.1) is 0 Å². The van der Waals surface area contributed by atoms with Crippen molar-refractivity contribution >= 4 is 5.91 Å². The summed E-state index contributed by atoms with van der Waals surface area (Å²) in [5.41, 5.74) is 0.334. The molecule has 0 saturated carbocycles. The molecular formula is C17H19FN2O3. The zero-order chi connectivity index (χ0) is 16.3. The summed E-state index contributed by atoms with van der Waals surface area (Å²) < 4.78 is 24.3. The monoisotopic (exact) mass is 318 g/mol. The number of carbonyl (C=O) groups excluding carboxylic acids is 1. The van der Waals surface area contributed by atoms with Crippen LogP contribution in [0, 0.1) is 5.82 Å². The average molecular weight is 318 g/mol. The number of carbonyl (C=O) groups is 1. The minimum absolute atomic E-state index is 0.240. The van der Waals surface area contributed by atoms with E-state index in [2.05, 4.69) is 10.3 Å². The second-order valence-electron chi connectivity index (χ2n) is 5.64. The smallest absolute Gasteiger partial charge is 0.273 e. The van der Waals surface area contributed by atoms with Crippen LogP contribution in [-0.2, 0) is 16.7 Å². The Labute approximate surface area is 133 Å². The molecule has 2 aromatic rings. The number of amides is 1. The fourth-order valence-electron chi connectivity index (χ4n) is 2.85. The molecule has 0 aliphatic carbocycles. The lowest BCUT2D eigenvalue weighted by molar-refractivity contribution is 0.0343. The Morgan fingerprint density at radius 3 is 2.83 bits per heavy atom. The van der Waals surface area contributed by atoms with Crippen molar-refractivity contribution in [3.63, 3.8) is 0 Å². The minimum Gasteiger partial charge on any atom is -0.448 e. The topological polar surface area (TPSA) is 64.4 Å². The summed E-state index contributed by atoms with van der Waals surface area (Å²) in [6.45, 7) is 2.92. The van der Waals surface area contributed by atoms with Gasteiger partial charge in [0.1, 0.15) is 12.1 Å². The number of hydrogen-bond acceptors (Lipinski definition) is 4. The highest BCUT2D eigenvalue weighted by Crippen LogP contribution is 2.32. The summed E-state index contributed by atoms with van der Waals surface area (Å²) in [6.07, 6.45) is 3.14. The number of rotatable bonds is 4. The van der Waals surface area contributed by atoms with E-state index in [0.29, 0.717) is 38.4 Å². The van der Waals surface area contributed by atoms with Gasteiger partial charge in [-0.2, -0.15) is 0 Å². The second kappa shape index (κ2) is 6.50. The number of aryl methyl sites for hydroxylation is 1. The Kier molecular flexibility index (Phi) is 4.43. The predicted octanol–water partition coefficient (Wildman–Crippen LogP) is 2.81. The Bertz CT molecular complexity index is 693. The van der Waals surface area contributed by atoms with Crippen molar-refractivity contribution in [2.45, 2.75) is 31.7 Å². The molecule has 1 N–H and O–H groups in total. The minimum atomic E-state index is -0.650. The van der Waals surface area contributed by atoms with Crippen LogP contribution in [-0.4, -0.2) is 24.1 Å². The van der Waals surface area contributed by atoms with Crippen LogP contribution in [0.15, 0.2) is 34.9 Å². The molecular weight excluding hydrogens is 299 g/mol. The van der Waals surface area contributed by atoms with Gasteiger partial charge < -0.3 is 14.5 Å². The van der Waals surface area contributed by atoms with E-state index in [1.807, 2.05) is 13.0 Å². The van der Waals surface area contributed by atoms with Gasteiger partial charge in [-0.25, -0.2) is 9.37 Å². The van der Waals surface area contributed by atoms with Crippen LogP contribution in [0.5, 0.6) is 0 Å². The molecule has 122 valence electrons. The maximum Gasteiger partial charge on any atom is 0.273 e. The van der Waals surface area contributed by atoms with Gasteiger partial charge in [-0.1, -0.05) is 19.1 Å². The van der Waals surface area contributed by atoms with E-state index in [1.165, 1.54) is 18.4 Å². The molecule has 3 rings (SSSR count). The first-order chi connectivity index (χ1) is 11.1. The number of aromatic nitrogens is 1. The van der Waals surface area contributed by atoms with Crippen LogP contribution in [0.4, 0.5) is 4.39 Å². The largest absolute Gasteiger partial charge is 0.448 e. The highest BCUT2D eigenvalue weighted by molar-refractivity contribution is 5.92.